The highest BCUT2D eigenvalue weighted by Gasteiger charge is 2.36. The molecule has 1 saturated heterocycles. The number of nitrogens with zero attached hydrogens (tertiary/aromatic N) is 4. The summed E-state index contributed by atoms with van der Waals surface area (Å²) < 4.78 is 1.49. The number of hydrogen-bond acceptors (Lipinski definition) is 5. The van der Waals surface area contributed by atoms with E-state index >= 15 is 0 Å². The van der Waals surface area contributed by atoms with E-state index in [1.807, 2.05) is 13.8 Å². The molecule has 8 heteroatoms. The molecule has 21 heavy (non-hydrogen) atoms. The van der Waals surface area contributed by atoms with Crippen LogP contribution < -0.4 is 4.90 Å². The molecule has 1 fully saturated rings. The summed E-state index contributed by atoms with van der Waals surface area (Å²) in [6.07, 6.45) is 1.06. The molecule has 116 valence electrons. The largest absolute Gasteiger partial charge is 0.481 e. The van der Waals surface area contributed by atoms with Gasteiger partial charge in [0.05, 0.1) is 10.8 Å². The van der Waals surface area contributed by atoms with E-state index in [4.69, 9.17) is 0 Å². The molecule has 1 N–H and O–H groups in total. The summed E-state index contributed by atoms with van der Waals surface area (Å²) in [5.74, 6) is -0.783. The summed E-state index contributed by atoms with van der Waals surface area (Å²) in [5, 5.41) is 24.8. The molecule has 0 spiro atoms. The van der Waals surface area contributed by atoms with Crippen LogP contribution in [0.15, 0.2) is 0 Å². The van der Waals surface area contributed by atoms with Crippen molar-refractivity contribution in [2.75, 3.05) is 18.0 Å². The Morgan fingerprint density at radius 1 is 1.52 bits per heavy atom. The van der Waals surface area contributed by atoms with Crippen molar-refractivity contribution in [3.8, 4) is 0 Å². The number of anilines is 1. The van der Waals surface area contributed by atoms with E-state index in [9.17, 15) is 20.0 Å². The van der Waals surface area contributed by atoms with Crippen LogP contribution in [0.1, 0.15) is 26.0 Å². The average molecular weight is 296 g/mol. The van der Waals surface area contributed by atoms with E-state index in [1.54, 1.807) is 11.9 Å². The lowest BCUT2D eigenvalue weighted by Gasteiger charge is -2.35. The lowest BCUT2D eigenvalue weighted by atomic mass is 9.90. The highest BCUT2D eigenvalue weighted by molar-refractivity contribution is 5.72. The number of carboxylic acids is 1. The zero-order valence-corrected chi connectivity index (χ0v) is 12.4. The van der Waals surface area contributed by atoms with Gasteiger partial charge in [-0.15, -0.1) is 0 Å². The Balaban J connectivity index is 2.43. The lowest BCUT2D eigenvalue weighted by Crippen LogP contribution is -2.43. The molecule has 0 aliphatic carbocycles. The molecule has 8 nitrogen and oxygen atoms in total. The first-order chi connectivity index (χ1) is 9.85. The van der Waals surface area contributed by atoms with Gasteiger partial charge in [-0.1, -0.05) is 13.8 Å². The SMILES string of the molecule is CCc1nn(C)c(N2CC(C)CC(C(=O)O)C2)c1[N+](=O)[O-]. The molecule has 2 rings (SSSR count). The fourth-order valence-electron chi connectivity index (χ4n) is 3.04. The fourth-order valence-corrected chi connectivity index (χ4v) is 3.04. The first-order valence-electron chi connectivity index (χ1n) is 7.03. The number of hydrogen-bond donors (Lipinski definition) is 1. The smallest absolute Gasteiger partial charge is 0.334 e. The molecule has 1 aliphatic heterocycles. The summed E-state index contributed by atoms with van der Waals surface area (Å²) >= 11 is 0. The van der Waals surface area contributed by atoms with Crippen LogP contribution >= 0.6 is 0 Å². The first kappa shape index (κ1) is 15.3. The molecule has 1 aromatic heterocycles. The number of rotatable bonds is 4. The number of aromatic nitrogens is 2. The second kappa shape index (κ2) is 5.71. The van der Waals surface area contributed by atoms with E-state index in [0.29, 0.717) is 30.9 Å². The van der Waals surface area contributed by atoms with Gasteiger partial charge in [-0.25, -0.2) is 4.68 Å². The lowest BCUT2D eigenvalue weighted by molar-refractivity contribution is -0.384. The summed E-state index contributed by atoms with van der Waals surface area (Å²) in [6.45, 7) is 4.67. The zero-order valence-electron chi connectivity index (χ0n) is 12.4. The van der Waals surface area contributed by atoms with Gasteiger partial charge >= 0.3 is 11.7 Å². The minimum absolute atomic E-state index is 0.00163. The molecule has 1 aliphatic rings. The van der Waals surface area contributed by atoms with Gasteiger partial charge in [0.2, 0.25) is 5.82 Å². The molecule has 0 saturated carbocycles. The predicted molar refractivity (Wildman–Crippen MR) is 76.4 cm³/mol. The minimum Gasteiger partial charge on any atom is -0.481 e. The van der Waals surface area contributed by atoms with Gasteiger partial charge < -0.3 is 10.0 Å². The molecule has 0 amide bonds. The van der Waals surface area contributed by atoms with Gasteiger partial charge in [0, 0.05) is 20.1 Å². The van der Waals surface area contributed by atoms with Crippen molar-refractivity contribution >= 4 is 17.5 Å². The van der Waals surface area contributed by atoms with Crippen molar-refractivity contribution in [1.82, 2.24) is 9.78 Å². The van der Waals surface area contributed by atoms with Gasteiger partial charge in [0.1, 0.15) is 5.69 Å². The molecule has 2 heterocycles. The van der Waals surface area contributed by atoms with Crippen molar-refractivity contribution in [2.45, 2.75) is 26.7 Å². The minimum atomic E-state index is -0.855. The Morgan fingerprint density at radius 2 is 2.19 bits per heavy atom. The summed E-state index contributed by atoms with van der Waals surface area (Å²) in [4.78, 5) is 24.0. The number of carbonyl (C=O) groups is 1. The van der Waals surface area contributed by atoms with Crippen molar-refractivity contribution in [2.24, 2.45) is 18.9 Å². The van der Waals surface area contributed by atoms with Crippen LogP contribution in [0.5, 0.6) is 0 Å². The van der Waals surface area contributed by atoms with Crippen molar-refractivity contribution in [1.29, 1.82) is 0 Å². The van der Waals surface area contributed by atoms with Gasteiger partial charge in [-0.05, 0) is 18.8 Å². The third-order valence-electron chi connectivity index (χ3n) is 3.89. The van der Waals surface area contributed by atoms with Gasteiger partial charge in [-0.2, -0.15) is 5.10 Å². The third-order valence-corrected chi connectivity index (χ3v) is 3.89. The van der Waals surface area contributed by atoms with Crippen LogP contribution in [0, 0.1) is 22.0 Å². The van der Waals surface area contributed by atoms with Crippen LogP contribution in [0.2, 0.25) is 0 Å². The molecular formula is C13H20N4O4. The molecule has 0 aromatic carbocycles. The molecule has 2 unspecified atom stereocenters. The van der Waals surface area contributed by atoms with Crippen LogP contribution in [0.4, 0.5) is 11.5 Å². The second-order valence-corrected chi connectivity index (χ2v) is 5.63. The van der Waals surface area contributed by atoms with Crippen molar-refractivity contribution < 1.29 is 14.8 Å². The molecule has 2 atom stereocenters. The number of carboxylic acid groups (broad SMARTS) is 1. The van der Waals surface area contributed by atoms with E-state index < -0.39 is 16.8 Å². The van der Waals surface area contributed by atoms with Crippen LogP contribution in [0.25, 0.3) is 0 Å². The van der Waals surface area contributed by atoms with E-state index in [-0.39, 0.29) is 18.2 Å². The van der Waals surface area contributed by atoms with E-state index in [1.165, 1.54) is 4.68 Å². The standard InChI is InChI=1S/C13H20N4O4/c1-4-10-11(17(20)21)12(15(3)14-10)16-6-8(2)5-9(7-16)13(18)19/h8-9H,4-7H2,1-3H3,(H,18,19). The number of piperidine rings is 1. The van der Waals surface area contributed by atoms with Crippen LogP contribution in [-0.2, 0) is 18.3 Å². The Kier molecular flexibility index (Phi) is 4.15. The van der Waals surface area contributed by atoms with Gasteiger partial charge in [0.15, 0.2) is 0 Å². The zero-order chi connectivity index (χ0) is 15.7. The maximum atomic E-state index is 11.4. The van der Waals surface area contributed by atoms with Crippen LogP contribution in [-0.4, -0.2) is 38.9 Å². The number of nitro groups is 1. The van der Waals surface area contributed by atoms with E-state index in [2.05, 4.69) is 5.10 Å². The first-order valence-corrected chi connectivity index (χ1v) is 7.03. The number of aliphatic carboxylic acids is 1. The highest BCUT2D eigenvalue weighted by Crippen LogP contribution is 2.35. The Hall–Kier alpha value is -2.12. The Morgan fingerprint density at radius 3 is 2.71 bits per heavy atom. The summed E-state index contributed by atoms with van der Waals surface area (Å²) in [6, 6.07) is 0. The van der Waals surface area contributed by atoms with Crippen molar-refractivity contribution in [3.63, 3.8) is 0 Å². The molecule has 1 aromatic rings. The molecular weight excluding hydrogens is 276 g/mol. The average Bonchev–Trinajstić information content (AvgIpc) is 2.74. The maximum absolute atomic E-state index is 11.4. The second-order valence-electron chi connectivity index (χ2n) is 5.63. The number of aryl methyl sites for hydroxylation is 2. The van der Waals surface area contributed by atoms with Crippen LogP contribution in [0.3, 0.4) is 0 Å². The van der Waals surface area contributed by atoms with Crippen molar-refractivity contribution in [3.05, 3.63) is 15.8 Å². The Bertz CT molecular complexity index is 569. The summed E-state index contributed by atoms with van der Waals surface area (Å²) in [7, 11) is 1.66. The molecule has 0 radical (unpaired) electrons. The van der Waals surface area contributed by atoms with Gasteiger partial charge in [0.25, 0.3) is 0 Å². The Labute approximate surface area is 122 Å². The monoisotopic (exact) mass is 296 g/mol. The van der Waals surface area contributed by atoms with E-state index in [0.717, 1.165) is 0 Å². The fraction of sp³-hybridized carbons (Fsp3) is 0.692. The highest BCUT2D eigenvalue weighted by atomic mass is 16.6. The normalized spacial score (nSPS) is 22.3. The molecule has 0 bridgehead atoms. The predicted octanol–water partition coefficient (Wildman–Crippen LogP) is 1.44. The topological polar surface area (TPSA) is 102 Å². The third kappa shape index (κ3) is 2.84. The maximum Gasteiger partial charge on any atom is 0.334 e. The van der Waals surface area contributed by atoms with Gasteiger partial charge in [-0.3, -0.25) is 14.9 Å². The quantitative estimate of drug-likeness (QED) is 0.666. The summed E-state index contributed by atoms with van der Waals surface area (Å²) in [5.41, 5.74) is 0.431.